The van der Waals surface area contributed by atoms with Crippen LogP contribution in [0, 0.1) is 11.8 Å². The number of amides is 3. The number of nitrogens with zero attached hydrogens (tertiary/aromatic N) is 4. The topological polar surface area (TPSA) is 97.2 Å². The fraction of sp³-hybridized carbons (Fsp3) is 0.500. The van der Waals surface area contributed by atoms with Gasteiger partial charge in [0.2, 0.25) is 17.7 Å². The van der Waals surface area contributed by atoms with E-state index in [1.807, 2.05) is 12.2 Å². The molecule has 0 saturated carbocycles. The van der Waals surface area contributed by atoms with Crippen LogP contribution in [0.2, 0.25) is 0 Å². The molecule has 1 aliphatic carbocycles. The van der Waals surface area contributed by atoms with Gasteiger partial charge in [0.05, 0.1) is 11.8 Å². The second-order valence-corrected chi connectivity index (χ2v) is 5.49. The Morgan fingerprint density at radius 2 is 1.73 bits per heavy atom. The van der Waals surface area contributed by atoms with Crippen molar-refractivity contribution in [3.05, 3.63) is 24.8 Å². The van der Waals surface area contributed by atoms with Crippen molar-refractivity contribution in [1.29, 1.82) is 0 Å². The zero-order valence-corrected chi connectivity index (χ0v) is 12.0. The summed E-state index contributed by atoms with van der Waals surface area (Å²) in [6.07, 6.45) is 8.62. The van der Waals surface area contributed by atoms with Crippen LogP contribution < -0.4 is 5.43 Å². The number of aromatic nitrogens is 3. The molecule has 0 bridgehead atoms. The van der Waals surface area contributed by atoms with Gasteiger partial charge in [-0.25, -0.2) is 4.68 Å². The maximum atomic E-state index is 12.2. The first-order valence-corrected chi connectivity index (χ1v) is 7.31. The molecule has 3 rings (SSSR count). The molecule has 1 fully saturated rings. The van der Waals surface area contributed by atoms with Crippen LogP contribution in [0.3, 0.4) is 0 Å². The van der Waals surface area contributed by atoms with Crippen LogP contribution in [0.15, 0.2) is 24.8 Å². The fourth-order valence-corrected chi connectivity index (χ4v) is 2.95. The minimum absolute atomic E-state index is 0.0985. The van der Waals surface area contributed by atoms with Gasteiger partial charge in [-0.15, -0.1) is 10.2 Å². The van der Waals surface area contributed by atoms with Crippen LogP contribution in [-0.2, 0) is 14.4 Å². The highest BCUT2D eigenvalue weighted by Crippen LogP contribution is 2.35. The lowest BCUT2D eigenvalue weighted by Crippen LogP contribution is -2.33. The second kappa shape index (κ2) is 6.08. The predicted octanol–water partition coefficient (Wildman–Crippen LogP) is 0.0796. The predicted molar refractivity (Wildman–Crippen MR) is 75.7 cm³/mol. The normalized spacial score (nSPS) is 23.7. The molecule has 8 heteroatoms. The van der Waals surface area contributed by atoms with Gasteiger partial charge in [0.25, 0.3) is 0 Å². The zero-order valence-electron chi connectivity index (χ0n) is 12.0. The van der Waals surface area contributed by atoms with Crippen molar-refractivity contribution in [2.75, 3.05) is 12.0 Å². The molecule has 0 radical (unpaired) electrons. The highest BCUT2D eigenvalue weighted by molar-refractivity contribution is 6.05. The third kappa shape index (κ3) is 2.76. The number of imide groups is 1. The molecule has 0 spiro atoms. The highest BCUT2D eigenvalue weighted by Gasteiger charge is 2.46. The van der Waals surface area contributed by atoms with Gasteiger partial charge >= 0.3 is 0 Å². The quantitative estimate of drug-likeness (QED) is 0.613. The van der Waals surface area contributed by atoms with Crippen LogP contribution >= 0.6 is 0 Å². The fourth-order valence-electron chi connectivity index (χ4n) is 2.95. The molecule has 2 heterocycles. The van der Waals surface area contributed by atoms with Gasteiger partial charge in [0.1, 0.15) is 12.7 Å². The van der Waals surface area contributed by atoms with Crippen LogP contribution in [0.5, 0.6) is 0 Å². The Labute approximate surface area is 127 Å². The van der Waals surface area contributed by atoms with Crippen molar-refractivity contribution in [3.8, 4) is 0 Å². The largest absolute Gasteiger partial charge is 0.282 e. The molecule has 2 aliphatic rings. The number of fused-ring (bicyclic) bond motifs is 1. The number of carbonyl (C=O) groups is 3. The summed E-state index contributed by atoms with van der Waals surface area (Å²) in [7, 11) is 0. The van der Waals surface area contributed by atoms with Crippen LogP contribution in [0.25, 0.3) is 0 Å². The summed E-state index contributed by atoms with van der Waals surface area (Å²) in [5, 5.41) is 7.15. The molecule has 1 saturated heterocycles. The van der Waals surface area contributed by atoms with Gasteiger partial charge in [0.15, 0.2) is 0 Å². The molecule has 0 unspecified atom stereocenters. The van der Waals surface area contributed by atoms with Crippen molar-refractivity contribution < 1.29 is 14.4 Å². The number of rotatable bonds is 5. The van der Waals surface area contributed by atoms with E-state index in [0.717, 1.165) is 0 Å². The van der Waals surface area contributed by atoms with Gasteiger partial charge in [0, 0.05) is 13.0 Å². The number of hydrogen-bond donors (Lipinski definition) is 1. The van der Waals surface area contributed by atoms with Gasteiger partial charge in [-0.05, 0) is 19.3 Å². The smallest absolute Gasteiger partial charge is 0.238 e. The number of carbonyl (C=O) groups excluding carboxylic acids is 3. The molecule has 3 amide bonds. The van der Waals surface area contributed by atoms with Crippen LogP contribution in [-0.4, -0.2) is 44.0 Å². The number of allylic oxidation sites excluding steroid dienone is 2. The van der Waals surface area contributed by atoms with E-state index in [9.17, 15) is 14.4 Å². The zero-order chi connectivity index (χ0) is 15.5. The molecule has 1 aromatic heterocycles. The van der Waals surface area contributed by atoms with Gasteiger partial charge < -0.3 is 0 Å². The summed E-state index contributed by atoms with van der Waals surface area (Å²) in [4.78, 5) is 37.5. The lowest BCUT2D eigenvalue weighted by molar-refractivity contribution is -0.140. The third-order valence-corrected chi connectivity index (χ3v) is 4.06. The van der Waals surface area contributed by atoms with E-state index in [4.69, 9.17) is 0 Å². The molecule has 22 heavy (non-hydrogen) atoms. The first kappa shape index (κ1) is 14.4. The Hall–Kier alpha value is -2.51. The summed E-state index contributed by atoms with van der Waals surface area (Å²) < 4.78 is 1.36. The average molecular weight is 303 g/mol. The Balaban J connectivity index is 1.48. The molecule has 1 aromatic rings. The summed E-state index contributed by atoms with van der Waals surface area (Å²) >= 11 is 0. The maximum absolute atomic E-state index is 12.2. The van der Waals surface area contributed by atoms with Gasteiger partial charge in [-0.2, -0.15) is 0 Å². The maximum Gasteiger partial charge on any atom is 0.238 e. The molecule has 0 aromatic carbocycles. The molecular weight excluding hydrogens is 286 g/mol. The lowest BCUT2D eigenvalue weighted by Gasteiger charge is -2.14. The van der Waals surface area contributed by atoms with Crippen molar-refractivity contribution in [1.82, 2.24) is 19.8 Å². The molecular formula is C14H17N5O3. The first-order valence-electron chi connectivity index (χ1n) is 7.31. The summed E-state index contributed by atoms with van der Waals surface area (Å²) in [6, 6.07) is 0. The SMILES string of the molecule is O=C(CCCN1C(=O)[C@@H]2CC=CC[C@H]2C1=O)Nn1cnnc1. The average Bonchev–Trinajstić information content (AvgIpc) is 3.10. The molecule has 8 nitrogen and oxygen atoms in total. The molecule has 1 N–H and O–H groups in total. The monoisotopic (exact) mass is 303 g/mol. The highest BCUT2D eigenvalue weighted by atomic mass is 16.2. The second-order valence-electron chi connectivity index (χ2n) is 5.49. The van der Waals surface area contributed by atoms with Crippen LogP contribution in [0.1, 0.15) is 25.7 Å². The van der Waals surface area contributed by atoms with E-state index in [0.29, 0.717) is 25.8 Å². The van der Waals surface area contributed by atoms with E-state index >= 15 is 0 Å². The Morgan fingerprint density at radius 1 is 1.14 bits per heavy atom. The van der Waals surface area contributed by atoms with Gasteiger partial charge in [-0.1, -0.05) is 12.2 Å². The first-order chi connectivity index (χ1) is 10.7. The van der Waals surface area contributed by atoms with Crippen molar-refractivity contribution in [2.24, 2.45) is 11.8 Å². The third-order valence-electron chi connectivity index (χ3n) is 4.06. The summed E-state index contributed by atoms with van der Waals surface area (Å²) in [5.74, 6) is -0.818. The number of nitrogens with one attached hydrogen (secondary N) is 1. The lowest BCUT2D eigenvalue weighted by atomic mass is 9.85. The van der Waals surface area contributed by atoms with E-state index in [1.54, 1.807) is 0 Å². The summed E-state index contributed by atoms with van der Waals surface area (Å²) in [6.45, 7) is 0.292. The van der Waals surface area contributed by atoms with Crippen molar-refractivity contribution in [2.45, 2.75) is 25.7 Å². The molecule has 1 aliphatic heterocycles. The van der Waals surface area contributed by atoms with Gasteiger partial charge in [-0.3, -0.25) is 24.7 Å². The minimum atomic E-state index is -0.210. The van der Waals surface area contributed by atoms with E-state index in [-0.39, 0.29) is 36.0 Å². The van der Waals surface area contributed by atoms with E-state index in [2.05, 4.69) is 15.6 Å². The Bertz CT molecular complexity index is 584. The Morgan fingerprint density at radius 3 is 2.32 bits per heavy atom. The number of hydrogen-bond acceptors (Lipinski definition) is 5. The van der Waals surface area contributed by atoms with Crippen LogP contribution in [0.4, 0.5) is 0 Å². The molecule has 116 valence electrons. The van der Waals surface area contributed by atoms with Crippen molar-refractivity contribution >= 4 is 17.7 Å². The van der Waals surface area contributed by atoms with E-state index in [1.165, 1.54) is 22.2 Å². The number of likely N-dealkylation sites (tertiary alicyclic amines) is 1. The summed E-state index contributed by atoms with van der Waals surface area (Å²) in [5.41, 5.74) is 2.57. The minimum Gasteiger partial charge on any atom is -0.282 e. The van der Waals surface area contributed by atoms with Crippen molar-refractivity contribution in [3.63, 3.8) is 0 Å². The Kier molecular flexibility index (Phi) is 3.99. The standard InChI is InChI=1S/C14H17N5O3/c20-12(17-18-8-15-16-9-18)6-3-7-19-13(21)10-4-1-2-5-11(10)14(19)22/h1-2,8-11H,3-7H2,(H,17,20)/t10-,11-/m1/s1. The van der Waals surface area contributed by atoms with E-state index < -0.39 is 0 Å². The molecule has 2 atom stereocenters.